The molecule has 0 spiro atoms. The van der Waals surface area contributed by atoms with E-state index in [1.807, 2.05) is 12.1 Å². The minimum Gasteiger partial charge on any atom is -0.357 e. The molecule has 2 N–H and O–H groups in total. The number of amides is 1. The Morgan fingerprint density at radius 2 is 2.05 bits per heavy atom. The molecule has 0 saturated heterocycles. The number of anilines is 1. The fourth-order valence-corrected chi connectivity index (χ4v) is 1.85. The van der Waals surface area contributed by atoms with Crippen molar-refractivity contribution >= 4 is 11.7 Å². The molecular formula is C14H24N4O. The quantitative estimate of drug-likeness (QED) is 0.807. The molecule has 0 aliphatic carbocycles. The highest BCUT2D eigenvalue weighted by atomic mass is 16.2. The molecule has 0 unspecified atom stereocenters. The minimum absolute atomic E-state index is 0.0250. The van der Waals surface area contributed by atoms with Crippen molar-refractivity contribution in [1.82, 2.24) is 9.88 Å². The van der Waals surface area contributed by atoms with Crippen LogP contribution in [0, 0.1) is 0 Å². The van der Waals surface area contributed by atoms with E-state index >= 15 is 0 Å². The zero-order chi connectivity index (χ0) is 14.3. The third-order valence-corrected chi connectivity index (χ3v) is 2.85. The first-order chi connectivity index (χ1) is 9.10. The van der Waals surface area contributed by atoms with Gasteiger partial charge in [0.15, 0.2) is 0 Å². The van der Waals surface area contributed by atoms with Gasteiger partial charge in [0.25, 0.3) is 5.91 Å². The zero-order valence-electron chi connectivity index (χ0n) is 12.1. The number of aromatic nitrogens is 1. The number of carbonyl (C=O) groups is 1. The van der Waals surface area contributed by atoms with Crippen LogP contribution in [0.2, 0.25) is 0 Å². The smallest absolute Gasteiger partial charge is 0.254 e. The fourth-order valence-electron chi connectivity index (χ4n) is 1.85. The lowest BCUT2D eigenvalue weighted by molar-refractivity contribution is 0.0827. The Labute approximate surface area is 115 Å². The van der Waals surface area contributed by atoms with Crippen molar-refractivity contribution in [2.45, 2.75) is 19.8 Å². The molecule has 1 aromatic rings. The molecule has 5 nitrogen and oxygen atoms in total. The van der Waals surface area contributed by atoms with Crippen LogP contribution >= 0.6 is 0 Å². The lowest BCUT2D eigenvalue weighted by Gasteiger charge is -2.23. The van der Waals surface area contributed by atoms with Gasteiger partial charge >= 0.3 is 0 Å². The van der Waals surface area contributed by atoms with Gasteiger partial charge in [0, 0.05) is 33.4 Å². The van der Waals surface area contributed by atoms with Crippen LogP contribution in [0.15, 0.2) is 18.3 Å². The molecule has 0 aliphatic rings. The summed E-state index contributed by atoms with van der Waals surface area (Å²) in [6.45, 7) is 4.67. The van der Waals surface area contributed by atoms with Crippen LogP contribution in [-0.2, 0) is 0 Å². The molecule has 1 aromatic heterocycles. The van der Waals surface area contributed by atoms with Gasteiger partial charge in [-0.25, -0.2) is 4.98 Å². The third kappa shape index (κ3) is 4.52. The van der Waals surface area contributed by atoms with Crippen molar-refractivity contribution in [2.75, 3.05) is 38.6 Å². The highest BCUT2D eigenvalue weighted by molar-refractivity contribution is 5.93. The van der Waals surface area contributed by atoms with Crippen molar-refractivity contribution < 1.29 is 4.79 Å². The van der Waals surface area contributed by atoms with Gasteiger partial charge in [-0.15, -0.1) is 0 Å². The summed E-state index contributed by atoms with van der Waals surface area (Å²) in [4.78, 5) is 19.9. The van der Waals surface area contributed by atoms with Crippen LogP contribution in [0.25, 0.3) is 0 Å². The molecule has 5 heteroatoms. The van der Waals surface area contributed by atoms with E-state index in [1.54, 1.807) is 25.2 Å². The van der Waals surface area contributed by atoms with Crippen LogP contribution in [0.5, 0.6) is 0 Å². The Morgan fingerprint density at radius 1 is 1.32 bits per heavy atom. The zero-order valence-corrected chi connectivity index (χ0v) is 12.1. The Hall–Kier alpha value is -1.62. The number of rotatable bonds is 7. The minimum atomic E-state index is -0.0250. The van der Waals surface area contributed by atoms with Crippen LogP contribution in [-0.4, -0.2) is 49.5 Å². The number of hydrogen-bond acceptors (Lipinski definition) is 4. The average Bonchev–Trinajstić information content (AvgIpc) is 2.42. The summed E-state index contributed by atoms with van der Waals surface area (Å²) in [6.07, 6.45) is 3.65. The lowest BCUT2D eigenvalue weighted by Crippen LogP contribution is -2.28. The first-order valence-electron chi connectivity index (χ1n) is 6.72. The second-order valence-corrected chi connectivity index (χ2v) is 4.73. The van der Waals surface area contributed by atoms with Gasteiger partial charge in [0.2, 0.25) is 0 Å². The van der Waals surface area contributed by atoms with E-state index in [1.165, 1.54) is 0 Å². The molecule has 0 aliphatic heterocycles. The molecule has 0 bridgehead atoms. The summed E-state index contributed by atoms with van der Waals surface area (Å²) < 4.78 is 0. The predicted molar refractivity (Wildman–Crippen MR) is 78.4 cm³/mol. The highest BCUT2D eigenvalue weighted by Gasteiger charge is 2.10. The predicted octanol–water partition coefficient (Wildman–Crippen LogP) is 1.35. The molecule has 1 rings (SSSR count). The summed E-state index contributed by atoms with van der Waals surface area (Å²) in [5.74, 6) is 0.883. The maximum Gasteiger partial charge on any atom is 0.254 e. The standard InChI is InChI=1S/C14H24N4O/c1-4-9-18(10-5-8-15)13-7-6-12(11-16-13)14(19)17(2)3/h6-7,11H,4-5,8-10,15H2,1-3H3. The number of carbonyl (C=O) groups excluding carboxylic acids is 1. The van der Waals surface area contributed by atoms with Gasteiger partial charge in [0.1, 0.15) is 5.82 Å². The van der Waals surface area contributed by atoms with Crippen molar-refractivity contribution in [2.24, 2.45) is 5.73 Å². The van der Waals surface area contributed by atoms with E-state index in [0.29, 0.717) is 12.1 Å². The highest BCUT2D eigenvalue weighted by Crippen LogP contribution is 2.13. The van der Waals surface area contributed by atoms with Crippen LogP contribution in [0.1, 0.15) is 30.1 Å². The molecule has 1 amide bonds. The molecule has 19 heavy (non-hydrogen) atoms. The largest absolute Gasteiger partial charge is 0.357 e. The van der Waals surface area contributed by atoms with E-state index in [2.05, 4.69) is 16.8 Å². The summed E-state index contributed by atoms with van der Waals surface area (Å²) in [5, 5.41) is 0. The van der Waals surface area contributed by atoms with E-state index in [4.69, 9.17) is 5.73 Å². The molecule has 0 saturated carbocycles. The second-order valence-electron chi connectivity index (χ2n) is 4.73. The van der Waals surface area contributed by atoms with Crippen molar-refractivity contribution in [3.8, 4) is 0 Å². The first kappa shape index (κ1) is 15.4. The van der Waals surface area contributed by atoms with Gasteiger partial charge in [-0.2, -0.15) is 0 Å². The number of hydrogen-bond donors (Lipinski definition) is 1. The van der Waals surface area contributed by atoms with Gasteiger partial charge in [-0.3, -0.25) is 4.79 Å². The van der Waals surface area contributed by atoms with E-state index in [-0.39, 0.29) is 5.91 Å². The SMILES string of the molecule is CCCN(CCCN)c1ccc(C(=O)N(C)C)cn1. The summed E-state index contributed by atoms with van der Waals surface area (Å²) in [7, 11) is 3.47. The van der Waals surface area contributed by atoms with Gasteiger partial charge < -0.3 is 15.5 Å². The van der Waals surface area contributed by atoms with E-state index in [9.17, 15) is 4.79 Å². The summed E-state index contributed by atoms with van der Waals surface area (Å²) >= 11 is 0. The topological polar surface area (TPSA) is 62.5 Å². The monoisotopic (exact) mass is 264 g/mol. The maximum absolute atomic E-state index is 11.8. The molecular weight excluding hydrogens is 240 g/mol. The van der Waals surface area contributed by atoms with E-state index < -0.39 is 0 Å². The first-order valence-corrected chi connectivity index (χ1v) is 6.72. The van der Waals surface area contributed by atoms with Gasteiger partial charge in [-0.1, -0.05) is 6.92 Å². The molecule has 0 fully saturated rings. The number of nitrogens with two attached hydrogens (primary N) is 1. The van der Waals surface area contributed by atoms with Crippen molar-refractivity contribution in [3.05, 3.63) is 23.9 Å². The van der Waals surface area contributed by atoms with Crippen LogP contribution in [0.3, 0.4) is 0 Å². The average molecular weight is 264 g/mol. The number of pyridine rings is 1. The Bertz CT molecular complexity index is 389. The van der Waals surface area contributed by atoms with Crippen molar-refractivity contribution in [1.29, 1.82) is 0 Å². The summed E-state index contributed by atoms with van der Waals surface area (Å²) in [6, 6.07) is 3.73. The van der Waals surface area contributed by atoms with Gasteiger partial charge in [-0.05, 0) is 31.5 Å². The molecule has 0 atom stereocenters. The normalized spacial score (nSPS) is 10.3. The maximum atomic E-state index is 11.8. The van der Waals surface area contributed by atoms with Gasteiger partial charge in [0.05, 0.1) is 5.56 Å². The lowest BCUT2D eigenvalue weighted by atomic mass is 10.2. The second kappa shape index (κ2) is 7.74. The van der Waals surface area contributed by atoms with Crippen molar-refractivity contribution in [3.63, 3.8) is 0 Å². The Balaban J connectivity index is 2.79. The van der Waals surface area contributed by atoms with E-state index in [0.717, 1.165) is 31.7 Å². The molecule has 106 valence electrons. The van der Waals surface area contributed by atoms with Crippen LogP contribution in [0.4, 0.5) is 5.82 Å². The van der Waals surface area contributed by atoms with Crippen LogP contribution < -0.4 is 10.6 Å². The Kier molecular flexibility index (Phi) is 6.29. The summed E-state index contributed by atoms with van der Waals surface area (Å²) in [5.41, 5.74) is 6.17. The third-order valence-electron chi connectivity index (χ3n) is 2.85. The fraction of sp³-hybridized carbons (Fsp3) is 0.571. The Morgan fingerprint density at radius 3 is 2.53 bits per heavy atom. The molecule has 1 heterocycles. The molecule has 0 radical (unpaired) electrons. The number of nitrogens with zero attached hydrogens (tertiary/aromatic N) is 3. The molecule has 0 aromatic carbocycles.